The van der Waals surface area contributed by atoms with Gasteiger partial charge < -0.3 is 23.8 Å². The van der Waals surface area contributed by atoms with Crippen molar-refractivity contribution in [1.82, 2.24) is 30.4 Å². The van der Waals surface area contributed by atoms with Crippen molar-refractivity contribution in [1.29, 1.82) is 0 Å². The van der Waals surface area contributed by atoms with Crippen molar-refractivity contribution >= 4 is 23.2 Å². The fourth-order valence-corrected chi connectivity index (χ4v) is 4.91. The van der Waals surface area contributed by atoms with Gasteiger partial charge in [-0.1, -0.05) is 6.07 Å². The molecule has 5 heterocycles. The Morgan fingerprint density at radius 3 is 2.70 bits per heavy atom. The lowest BCUT2D eigenvalue weighted by atomic mass is 10.1. The summed E-state index contributed by atoms with van der Waals surface area (Å²) in [6, 6.07) is 9.89. The molecule has 0 saturated carbocycles. The topological polar surface area (TPSA) is 129 Å². The minimum atomic E-state index is -0.986. The summed E-state index contributed by atoms with van der Waals surface area (Å²) in [5.74, 6) is 1.78. The van der Waals surface area contributed by atoms with Crippen LogP contribution in [0.4, 0.5) is 0 Å². The zero-order valence-corrected chi connectivity index (χ0v) is 21.4. The Kier molecular flexibility index (Phi) is 7.47. The van der Waals surface area contributed by atoms with E-state index in [-0.39, 0.29) is 36.8 Å². The number of thiophene rings is 1. The largest absolute Gasteiger partial charge is 0.464 e. The van der Waals surface area contributed by atoms with E-state index < -0.39 is 6.04 Å². The Balaban J connectivity index is 1.40. The van der Waals surface area contributed by atoms with Crippen molar-refractivity contribution < 1.29 is 23.2 Å². The Morgan fingerprint density at radius 2 is 2.03 bits per heavy atom. The minimum Gasteiger partial charge on any atom is -0.464 e. The fraction of sp³-hybridized carbons (Fsp3) is 0.400. The first-order valence-corrected chi connectivity index (χ1v) is 13.0. The van der Waals surface area contributed by atoms with E-state index in [1.54, 1.807) is 31.2 Å². The first kappa shape index (κ1) is 24.9. The molecule has 12 heteroatoms. The lowest BCUT2D eigenvalue weighted by Gasteiger charge is -2.29. The minimum absolute atomic E-state index is 0.0348. The second-order valence-electron chi connectivity index (χ2n) is 8.89. The van der Waals surface area contributed by atoms with Crippen LogP contribution >= 0.6 is 11.3 Å². The quantitative estimate of drug-likeness (QED) is 0.335. The number of furan rings is 2. The van der Waals surface area contributed by atoms with Gasteiger partial charge in [-0.2, -0.15) is 4.80 Å². The number of aromatic nitrogens is 4. The monoisotopic (exact) mass is 524 g/mol. The van der Waals surface area contributed by atoms with Crippen molar-refractivity contribution in [2.45, 2.75) is 51.9 Å². The van der Waals surface area contributed by atoms with E-state index in [1.807, 2.05) is 24.4 Å². The summed E-state index contributed by atoms with van der Waals surface area (Å²) in [6.45, 7) is 4.68. The number of rotatable bonds is 10. The first-order chi connectivity index (χ1) is 18.0. The molecule has 0 aromatic carbocycles. The van der Waals surface area contributed by atoms with E-state index >= 15 is 0 Å². The highest BCUT2D eigenvalue weighted by molar-refractivity contribution is 7.09. The Bertz CT molecular complexity index is 1340. The lowest BCUT2D eigenvalue weighted by Crippen LogP contribution is -2.46. The molecule has 1 aliphatic rings. The van der Waals surface area contributed by atoms with E-state index in [1.165, 1.54) is 21.0 Å². The van der Waals surface area contributed by atoms with Gasteiger partial charge in [0.05, 0.1) is 12.6 Å². The number of nitrogens with zero attached hydrogens (tertiary/aromatic N) is 5. The van der Waals surface area contributed by atoms with Crippen LogP contribution in [0.5, 0.6) is 0 Å². The summed E-state index contributed by atoms with van der Waals surface area (Å²) in [5, 5.41) is 17.2. The van der Waals surface area contributed by atoms with Gasteiger partial charge >= 0.3 is 0 Å². The van der Waals surface area contributed by atoms with Crippen molar-refractivity contribution in [3.63, 3.8) is 0 Å². The fourth-order valence-electron chi connectivity index (χ4n) is 4.21. The van der Waals surface area contributed by atoms with E-state index in [4.69, 9.17) is 13.6 Å². The number of amides is 2. The predicted octanol–water partition coefficient (Wildman–Crippen LogP) is 3.27. The number of hydrogen-bond acceptors (Lipinski definition) is 9. The normalized spacial score (nSPS) is 16.1. The van der Waals surface area contributed by atoms with Gasteiger partial charge in [0.25, 0.3) is 5.91 Å². The third kappa shape index (κ3) is 5.97. The molecule has 4 aromatic rings. The van der Waals surface area contributed by atoms with Gasteiger partial charge in [0.15, 0.2) is 11.8 Å². The van der Waals surface area contributed by atoms with Crippen LogP contribution in [0.15, 0.2) is 50.6 Å². The second-order valence-corrected chi connectivity index (χ2v) is 9.92. The zero-order valence-electron chi connectivity index (χ0n) is 20.6. The van der Waals surface area contributed by atoms with Crippen LogP contribution in [0.3, 0.4) is 0 Å². The third-order valence-corrected chi connectivity index (χ3v) is 6.90. The van der Waals surface area contributed by atoms with Gasteiger partial charge in [0.2, 0.25) is 11.7 Å². The molecule has 0 radical (unpaired) electrons. The molecule has 0 aliphatic carbocycles. The average molecular weight is 525 g/mol. The van der Waals surface area contributed by atoms with Crippen LogP contribution in [-0.2, 0) is 27.4 Å². The van der Waals surface area contributed by atoms with Crippen LogP contribution in [0.2, 0.25) is 0 Å². The van der Waals surface area contributed by atoms with Gasteiger partial charge in [-0.3, -0.25) is 9.59 Å². The van der Waals surface area contributed by atoms with Gasteiger partial charge in [-0.15, -0.1) is 21.5 Å². The molecule has 37 heavy (non-hydrogen) atoms. The maximum absolute atomic E-state index is 13.7. The predicted molar refractivity (Wildman–Crippen MR) is 133 cm³/mol. The van der Waals surface area contributed by atoms with E-state index in [0.29, 0.717) is 30.4 Å². The highest BCUT2D eigenvalue weighted by Crippen LogP contribution is 2.27. The molecule has 1 saturated heterocycles. The third-order valence-electron chi connectivity index (χ3n) is 6.04. The van der Waals surface area contributed by atoms with Crippen LogP contribution in [0.1, 0.15) is 41.0 Å². The summed E-state index contributed by atoms with van der Waals surface area (Å²) in [6.07, 6.45) is 1.82. The number of ether oxygens (including phenoxy) is 1. The lowest BCUT2D eigenvalue weighted by molar-refractivity contribution is -0.143. The van der Waals surface area contributed by atoms with Crippen molar-refractivity contribution in [3.05, 3.63) is 63.9 Å². The molecular formula is C25H28N6O5S. The number of aryl methyl sites for hydroxylation is 2. The number of hydrogen-bond donors (Lipinski definition) is 1. The smallest absolute Gasteiger partial charge is 0.250 e. The van der Waals surface area contributed by atoms with Gasteiger partial charge in [0, 0.05) is 18.0 Å². The molecule has 194 valence electrons. The number of carbonyl (C=O) groups excluding carboxylic acids is 2. The molecule has 2 unspecified atom stereocenters. The Labute approximate surface area is 217 Å². The SMILES string of the molecule is Cc1ccc(-c2nnn(CC(=O)N(Cc3cccs3)C(C(=O)NCC3CCCO3)c3ccc(C)o3)n2)o1. The van der Waals surface area contributed by atoms with E-state index in [2.05, 4.69) is 20.7 Å². The van der Waals surface area contributed by atoms with Gasteiger partial charge in [-0.25, -0.2) is 0 Å². The summed E-state index contributed by atoms with van der Waals surface area (Å²) in [7, 11) is 0. The molecule has 1 N–H and O–H groups in total. The number of tetrazole rings is 1. The van der Waals surface area contributed by atoms with Gasteiger partial charge in [-0.05, 0) is 67.6 Å². The Morgan fingerprint density at radius 1 is 1.19 bits per heavy atom. The molecule has 11 nitrogen and oxygen atoms in total. The number of nitrogens with one attached hydrogen (secondary N) is 1. The van der Waals surface area contributed by atoms with Crippen molar-refractivity contribution in [2.75, 3.05) is 13.2 Å². The van der Waals surface area contributed by atoms with Crippen LogP contribution in [-0.4, -0.2) is 56.2 Å². The maximum atomic E-state index is 13.7. The first-order valence-electron chi connectivity index (χ1n) is 12.1. The molecule has 1 fully saturated rings. The molecular weight excluding hydrogens is 496 g/mol. The molecule has 4 aromatic heterocycles. The van der Waals surface area contributed by atoms with Crippen LogP contribution in [0.25, 0.3) is 11.6 Å². The summed E-state index contributed by atoms with van der Waals surface area (Å²) in [5.41, 5.74) is 0. The summed E-state index contributed by atoms with van der Waals surface area (Å²) >= 11 is 1.50. The van der Waals surface area contributed by atoms with Crippen molar-refractivity contribution in [3.8, 4) is 11.6 Å². The maximum Gasteiger partial charge on any atom is 0.250 e. The summed E-state index contributed by atoms with van der Waals surface area (Å²) < 4.78 is 17.1. The van der Waals surface area contributed by atoms with Crippen molar-refractivity contribution in [2.24, 2.45) is 0 Å². The zero-order chi connectivity index (χ0) is 25.8. The molecule has 2 amide bonds. The van der Waals surface area contributed by atoms with E-state index in [9.17, 15) is 9.59 Å². The highest BCUT2D eigenvalue weighted by Gasteiger charge is 2.35. The standard InChI is InChI=1S/C25H28N6O5S/c1-16-7-9-20(35-16)23(25(33)26-13-18-5-3-11-34-18)30(14-19-6-4-12-37-19)22(32)15-31-28-24(27-29-31)21-10-8-17(2)36-21/h4,6-10,12,18,23H,3,5,11,13-15H2,1-2H3,(H,26,33). The van der Waals surface area contributed by atoms with Crippen LogP contribution < -0.4 is 5.32 Å². The number of carbonyl (C=O) groups is 2. The molecule has 2 atom stereocenters. The Hall–Kier alpha value is -3.77. The molecule has 0 spiro atoms. The molecule has 1 aliphatic heterocycles. The highest BCUT2D eigenvalue weighted by atomic mass is 32.1. The second kappa shape index (κ2) is 11.1. The van der Waals surface area contributed by atoms with E-state index in [0.717, 1.165) is 23.5 Å². The van der Waals surface area contributed by atoms with Gasteiger partial charge in [0.1, 0.15) is 23.8 Å². The molecule has 0 bridgehead atoms. The summed E-state index contributed by atoms with van der Waals surface area (Å²) in [4.78, 5) is 30.9. The molecule has 5 rings (SSSR count). The van der Waals surface area contributed by atoms with Crippen LogP contribution in [0, 0.1) is 13.8 Å². The average Bonchev–Trinajstić information content (AvgIpc) is 3.69.